The van der Waals surface area contributed by atoms with Gasteiger partial charge in [-0.3, -0.25) is 4.79 Å². The third kappa shape index (κ3) is 4.54. The Morgan fingerprint density at radius 2 is 1.74 bits per heavy atom. The lowest BCUT2D eigenvalue weighted by atomic mass is 10.0. The number of hydrogen-bond donors (Lipinski definition) is 1. The smallest absolute Gasteiger partial charge is 0.254 e. The van der Waals surface area contributed by atoms with Gasteiger partial charge in [-0.05, 0) is 62.1 Å². The first-order valence-corrected chi connectivity index (χ1v) is 9.36. The number of benzene rings is 2. The van der Waals surface area contributed by atoms with Crippen LogP contribution in [0.15, 0.2) is 36.4 Å². The SMILES string of the molecule is COc1cc(OC)cc(C(=O)N2CCC[C@H](Nc3ccc(C)c(C)c3)C2)c1. The van der Waals surface area contributed by atoms with Crippen molar-refractivity contribution in [3.8, 4) is 11.5 Å². The molecule has 1 amide bonds. The molecular formula is C22H28N2O3. The van der Waals surface area contributed by atoms with Gasteiger partial charge in [0.25, 0.3) is 5.91 Å². The summed E-state index contributed by atoms with van der Waals surface area (Å²) >= 11 is 0. The maximum absolute atomic E-state index is 13.0. The molecule has 1 fully saturated rings. The number of nitrogens with zero attached hydrogens (tertiary/aromatic N) is 1. The Morgan fingerprint density at radius 3 is 2.37 bits per heavy atom. The first-order valence-electron chi connectivity index (χ1n) is 9.36. The van der Waals surface area contributed by atoms with Crippen LogP contribution in [0.25, 0.3) is 0 Å². The van der Waals surface area contributed by atoms with Crippen molar-refractivity contribution in [2.75, 3.05) is 32.6 Å². The van der Waals surface area contributed by atoms with E-state index in [9.17, 15) is 4.79 Å². The van der Waals surface area contributed by atoms with Crippen LogP contribution in [0.1, 0.15) is 34.3 Å². The highest BCUT2D eigenvalue weighted by Gasteiger charge is 2.25. The van der Waals surface area contributed by atoms with Crippen molar-refractivity contribution in [1.29, 1.82) is 0 Å². The average Bonchev–Trinajstić information content (AvgIpc) is 2.70. The highest BCUT2D eigenvalue weighted by atomic mass is 16.5. The van der Waals surface area contributed by atoms with E-state index in [1.54, 1.807) is 32.4 Å². The van der Waals surface area contributed by atoms with Crippen molar-refractivity contribution < 1.29 is 14.3 Å². The van der Waals surface area contributed by atoms with E-state index in [0.717, 1.165) is 25.1 Å². The Kier molecular flexibility index (Phi) is 5.89. The number of likely N-dealkylation sites (tertiary alicyclic amines) is 1. The largest absolute Gasteiger partial charge is 0.497 e. The van der Waals surface area contributed by atoms with E-state index < -0.39 is 0 Å². The van der Waals surface area contributed by atoms with E-state index in [2.05, 4.69) is 37.4 Å². The number of aryl methyl sites for hydroxylation is 2. The molecule has 0 unspecified atom stereocenters. The molecule has 27 heavy (non-hydrogen) atoms. The number of amides is 1. The number of ether oxygens (including phenoxy) is 2. The molecule has 5 nitrogen and oxygen atoms in total. The number of carbonyl (C=O) groups excluding carboxylic acids is 1. The molecule has 1 aliphatic rings. The Labute approximate surface area is 161 Å². The van der Waals surface area contributed by atoms with Crippen molar-refractivity contribution in [2.24, 2.45) is 0 Å². The predicted octanol–water partition coefficient (Wildman–Crippen LogP) is 4.04. The van der Waals surface area contributed by atoms with Gasteiger partial charge in [-0.1, -0.05) is 6.07 Å². The number of carbonyl (C=O) groups is 1. The van der Waals surface area contributed by atoms with E-state index >= 15 is 0 Å². The molecule has 3 rings (SSSR count). The lowest BCUT2D eigenvalue weighted by Gasteiger charge is -2.34. The normalized spacial score (nSPS) is 16.7. The Bertz CT molecular complexity index is 797. The zero-order valence-corrected chi connectivity index (χ0v) is 16.5. The van der Waals surface area contributed by atoms with Gasteiger partial charge in [0, 0.05) is 36.4 Å². The molecule has 0 aromatic heterocycles. The average molecular weight is 368 g/mol. The topological polar surface area (TPSA) is 50.8 Å². The number of piperidine rings is 1. The van der Waals surface area contributed by atoms with Gasteiger partial charge in [-0.2, -0.15) is 0 Å². The lowest BCUT2D eigenvalue weighted by Crippen LogP contribution is -2.45. The minimum absolute atomic E-state index is 0.0128. The van der Waals surface area contributed by atoms with Crippen LogP contribution in [-0.4, -0.2) is 44.2 Å². The number of nitrogens with one attached hydrogen (secondary N) is 1. The number of methoxy groups -OCH3 is 2. The van der Waals surface area contributed by atoms with Crippen molar-refractivity contribution in [1.82, 2.24) is 4.90 Å². The van der Waals surface area contributed by atoms with Crippen LogP contribution in [0.2, 0.25) is 0 Å². The van der Waals surface area contributed by atoms with Gasteiger partial charge in [0.2, 0.25) is 0 Å². The van der Waals surface area contributed by atoms with E-state index in [0.29, 0.717) is 23.6 Å². The van der Waals surface area contributed by atoms with Gasteiger partial charge < -0.3 is 19.7 Å². The molecule has 0 aliphatic carbocycles. The van der Waals surface area contributed by atoms with E-state index in [1.807, 2.05) is 4.90 Å². The molecule has 1 heterocycles. The Morgan fingerprint density at radius 1 is 1.04 bits per heavy atom. The second-order valence-electron chi connectivity index (χ2n) is 7.14. The lowest BCUT2D eigenvalue weighted by molar-refractivity contribution is 0.0714. The van der Waals surface area contributed by atoms with Gasteiger partial charge in [0.15, 0.2) is 0 Å². The molecule has 2 aromatic rings. The summed E-state index contributed by atoms with van der Waals surface area (Å²) in [7, 11) is 3.18. The maximum Gasteiger partial charge on any atom is 0.254 e. The fraction of sp³-hybridized carbons (Fsp3) is 0.409. The van der Waals surface area contributed by atoms with Gasteiger partial charge in [0.05, 0.1) is 14.2 Å². The number of hydrogen-bond acceptors (Lipinski definition) is 4. The summed E-state index contributed by atoms with van der Waals surface area (Å²) in [6.45, 7) is 5.69. The summed E-state index contributed by atoms with van der Waals surface area (Å²) in [5.41, 5.74) is 4.26. The fourth-order valence-corrected chi connectivity index (χ4v) is 3.46. The minimum atomic E-state index is 0.0128. The van der Waals surface area contributed by atoms with Gasteiger partial charge >= 0.3 is 0 Å². The van der Waals surface area contributed by atoms with E-state index in [-0.39, 0.29) is 11.9 Å². The first-order chi connectivity index (χ1) is 13.0. The molecule has 1 saturated heterocycles. The Balaban J connectivity index is 1.71. The number of rotatable bonds is 5. The van der Waals surface area contributed by atoms with Crippen LogP contribution < -0.4 is 14.8 Å². The third-order valence-corrected chi connectivity index (χ3v) is 5.18. The highest BCUT2D eigenvalue weighted by Crippen LogP contribution is 2.25. The quantitative estimate of drug-likeness (QED) is 0.865. The van der Waals surface area contributed by atoms with Crippen molar-refractivity contribution in [3.05, 3.63) is 53.1 Å². The van der Waals surface area contributed by atoms with Crippen LogP contribution >= 0.6 is 0 Å². The molecule has 0 radical (unpaired) electrons. The van der Waals surface area contributed by atoms with Crippen LogP contribution in [0.4, 0.5) is 5.69 Å². The van der Waals surface area contributed by atoms with Crippen molar-refractivity contribution in [2.45, 2.75) is 32.7 Å². The van der Waals surface area contributed by atoms with Crippen LogP contribution in [0.3, 0.4) is 0 Å². The first kappa shape index (κ1) is 19.1. The van der Waals surface area contributed by atoms with E-state index in [4.69, 9.17) is 9.47 Å². The van der Waals surface area contributed by atoms with Crippen LogP contribution in [-0.2, 0) is 0 Å². The number of anilines is 1. The summed E-state index contributed by atoms with van der Waals surface area (Å²) in [6.07, 6.45) is 2.04. The molecule has 5 heteroatoms. The molecule has 0 bridgehead atoms. The van der Waals surface area contributed by atoms with Crippen LogP contribution in [0, 0.1) is 13.8 Å². The van der Waals surface area contributed by atoms with Crippen molar-refractivity contribution in [3.63, 3.8) is 0 Å². The molecular weight excluding hydrogens is 340 g/mol. The third-order valence-electron chi connectivity index (χ3n) is 5.18. The minimum Gasteiger partial charge on any atom is -0.497 e. The summed E-state index contributed by atoms with van der Waals surface area (Å²) in [4.78, 5) is 14.9. The molecule has 0 spiro atoms. The summed E-state index contributed by atoms with van der Waals surface area (Å²) in [6, 6.07) is 12.0. The summed E-state index contributed by atoms with van der Waals surface area (Å²) in [5, 5.41) is 3.59. The molecule has 1 aliphatic heterocycles. The zero-order chi connectivity index (χ0) is 19.4. The maximum atomic E-state index is 13.0. The molecule has 1 atom stereocenters. The van der Waals surface area contributed by atoms with Crippen LogP contribution in [0.5, 0.6) is 11.5 Å². The monoisotopic (exact) mass is 368 g/mol. The predicted molar refractivity (Wildman–Crippen MR) is 108 cm³/mol. The van der Waals surface area contributed by atoms with Crippen molar-refractivity contribution >= 4 is 11.6 Å². The molecule has 144 valence electrons. The second kappa shape index (κ2) is 8.33. The molecule has 2 aromatic carbocycles. The zero-order valence-electron chi connectivity index (χ0n) is 16.5. The highest BCUT2D eigenvalue weighted by molar-refractivity contribution is 5.95. The molecule has 0 saturated carbocycles. The Hall–Kier alpha value is -2.69. The standard InChI is InChI=1S/C22H28N2O3/c1-15-7-8-18(10-16(15)2)23-19-6-5-9-24(14-19)22(25)17-11-20(26-3)13-21(12-17)27-4/h7-8,10-13,19,23H,5-6,9,14H2,1-4H3/t19-/m0/s1. The fourth-order valence-electron chi connectivity index (χ4n) is 3.46. The van der Waals surface area contributed by atoms with Gasteiger partial charge in [-0.25, -0.2) is 0 Å². The molecule has 1 N–H and O–H groups in total. The summed E-state index contributed by atoms with van der Waals surface area (Å²) < 4.78 is 10.6. The summed E-state index contributed by atoms with van der Waals surface area (Å²) in [5.74, 6) is 1.26. The van der Waals surface area contributed by atoms with Gasteiger partial charge in [-0.15, -0.1) is 0 Å². The van der Waals surface area contributed by atoms with Gasteiger partial charge in [0.1, 0.15) is 11.5 Å². The van der Waals surface area contributed by atoms with E-state index in [1.165, 1.54) is 11.1 Å². The second-order valence-corrected chi connectivity index (χ2v) is 7.14.